The van der Waals surface area contributed by atoms with Gasteiger partial charge in [-0.1, -0.05) is 38.1 Å². The molecule has 0 fully saturated rings. The molecule has 0 heterocycles. The maximum atomic E-state index is 10.9. The van der Waals surface area contributed by atoms with Gasteiger partial charge in [-0.3, -0.25) is 0 Å². The number of nitrogens with two attached hydrogens (primary N) is 1. The molecule has 1 aromatic rings. The average molecular weight is 265 g/mol. The van der Waals surface area contributed by atoms with Crippen molar-refractivity contribution in [2.24, 2.45) is 11.7 Å². The molecule has 1 unspecified atom stereocenters. The van der Waals surface area contributed by atoms with Crippen LogP contribution in [0.1, 0.15) is 31.0 Å². The molecule has 0 spiro atoms. The van der Waals surface area contributed by atoms with Crippen molar-refractivity contribution in [3.63, 3.8) is 0 Å². The predicted molar refractivity (Wildman–Crippen MR) is 74.7 cm³/mol. The van der Waals surface area contributed by atoms with Crippen molar-refractivity contribution in [2.45, 2.75) is 26.3 Å². The maximum absolute atomic E-state index is 10.9. The minimum Gasteiger partial charge on any atom is -0.467 e. The first-order valence-corrected chi connectivity index (χ1v) is 6.52. The third-order valence-corrected chi connectivity index (χ3v) is 2.80. The van der Waals surface area contributed by atoms with E-state index in [1.165, 1.54) is 12.7 Å². The summed E-state index contributed by atoms with van der Waals surface area (Å²) >= 11 is 0. The Kier molecular flexibility index (Phi) is 6.53. The molecule has 0 aromatic heterocycles. The van der Waals surface area contributed by atoms with Crippen molar-refractivity contribution in [3.8, 4) is 0 Å². The minimum absolute atomic E-state index is 0.0599. The fourth-order valence-corrected chi connectivity index (χ4v) is 1.80. The second-order valence-electron chi connectivity index (χ2n) is 5.04. The minimum atomic E-state index is -0.389. The van der Waals surface area contributed by atoms with Crippen LogP contribution < -0.4 is 5.73 Å². The summed E-state index contributed by atoms with van der Waals surface area (Å²) in [5.41, 5.74) is 8.32. The van der Waals surface area contributed by atoms with Crippen molar-refractivity contribution in [1.29, 1.82) is 0 Å². The molecule has 4 heteroatoms. The molecule has 1 rings (SSSR count). The Morgan fingerprint density at radius 1 is 1.26 bits per heavy atom. The summed E-state index contributed by atoms with van der Waals surface area (Å²) in [6.07, 6.45) is 1.06. The van der Waals surface area contributed by atoms with Crippen LogP contribution in [0.5, 0.6) is 0 Å². The molecule has 0 aliphatic heterocycles. The Hall–Kier alpha value is -1.39. The Labute approximate surface area is 114 Å². The number of benzene rings is 1. The highest BCUT2D eigenvalue weighted by Crippen LogP contribution is 2.14. The number of methoxy groups -OCH3 is 1. The summed E-state index contributed by atoms with van der Waals surface area (Å²) < 4.78 is 9.68. The fourth-order valence-electron chi connectivity index (χ4n) is 1.80. The number of carbonyl (C=O) groups excluding carboxylic acids is 1. The van der Waals surface area contributed by atoms with Gasteiger partial charge in [-0.15, -0.1) is 0 Å². The number of ether oxygens (including phenoxy) is 2. The van der Waals surface area contributed by atoms with Gasteiger partial charge in [0.2, 0.25) is 0 Å². The summed E-state index contributed by atoms with van der Waals surface area (Å²) in [5.74, 6) is 0.252. The second-order valence-corrected chi connectivity index (χ2v) is 5.04. The van der Waals surface area contributed by atoms with E-state index in [0.29, 0.717) is 12.5 Å². The molecule has 2 N–H and O–H groups in total. The number of carbonyl (C=O) groups is 1. The third-order valence-electron chi connectivity index (χ3n) is 2.80. The van der Waals surface area contributed by atoms with E-state index in [9.17, 15) is 4.79 Å². The molecule has 19 heavy (non-hydrogen) atoms. The molecule has 106 valence electrons. The van der Waals surface area contributed by atoms with Gasteiger partial charge in [0.1, 0.15) is 6.61 Å². The van der Waals surface area contributed by atoms with Gasteiger partial charge in [-0.25, -0.2) is 4.79 Å². The molecule has 0 aliphatic rings. The summed E-state index contributed by atoms with van der Waals surface area (Å²) in [7, 11) is 1.33. The molecule has 0 bridgehead atoms. The molecule has 1 aromatic carbocycles. The summed E-state index contributed by atoms with van der Waals surface area (Å²) in [4.78, 5) is 10.9. The zero-order chi connectivity index (χ0) is 14.3. The van der Waals surface area contributed by atoms with Crippen molar-refractivity contribution in [3.05, 3.63) is 35.4 Å². The van der Waals surface area contributed by atoms with Crippen molar-refractivity contribution >= 4 is 5.97 Å². The summed E-state index contributed by atoms with van der Waals surface area (Å²) in [6.45, 7) is 4.63. The van der Waals surface area contributed by atoms with E-state index in [-0.39, 0.29) is 18.6 Å². The summed E-state index contributed by atoms with van der Waals surface area (Å²) in [6, 6.07) is 8.00. The van der Waals surface area contributed by atoms with E-state index in [0.717, 1.165) is 12.0 Å². The molecule has 0 amide bonds. The predicted octanol–water partition coefficient (Wildman–Crippen LogP) is 2.07. The van der Waals surface area contributed by atoms with Gasteiger partial charge in [0, 0.05) is 0 Å². The van der Waals surface area contributed by atoms with Gasteiger partial charge < -0.3 is 15.2 Å². The highest BCUT2D eigenvalue weighted by Gasteiger charge is 2.08. The largest absolute Gasteiger partial charge is 0.467 e. The van der Waals surface area contributed by atoms with Gasteiger partial charge in [-0.2, -0.15) is 0 Å². The topological polar surface area (TPSA) is 61.5 Å². The monoisotopic (exact) mass is 265 g/mol. The fraction of sp³-hybridized carbons (Fsp3) is 0.533. The zero-order valence-electron chi connectivity index (χ0n) is 11.9. The van der Waals surface area contributed by atoms with Gasteiger partial charge in [0.15, 0.2) is 0 Å². The normalized spacial score (nSPS) is 12.5. The molecule has 1 atom stereocenters. The Balaban J connectivity index is 2.44. The Morgan fingerprint density at radius 3 is 2.42 bits per heavy atom. The van der Waals surface area contributed by atoms with E-state index >= 15 is 0 Å². The average Bonchev–Trinajstić information content (AvgIpc) is 2.38. The van der Waals surface area contributed by atoms with Gasteiger partial charge >= 0.3 is 5.97 Å². The standard InChI is InChI=1S/C15H23NO3/c1-11(2)8-12-4-6-13(7-5-12)14(16)9-19-10-15(17)18-3/h4-7,11,14H,8-10,16H2,1-3H3. The third kappa shape index (κ3) is 5.85. The Bertz CT molecular complexity index is 387. The number of hydrogen-bond donors (Lipinski definition) is 1. The molecule has 0 radical (unpaired) electrons. The van der Waals surface area contributed by atoms with Crippen LogP contribution in [0.15, 0.2) is 24.3 Å². The second kappa shape index (κ2) is 7.92. The molecule has 0 saturated carbocycles. The number of rotatable bonds is 7. The number of hydrogen-bond acceptors (Lipinski definition) is 4. The van der Waals surface area contributed by atoms with Gasteiger partial charge in [-0.05, 0) is 23.5 Å². The lowest BCUT2D eigenvalue weighted by molar-refractivity contribution is -0.146. The first kappa shape index (κ1) is 15.7. The van der Waals surface area contributed by atoms with Crippen LogP contribution in [0.2, 0.25) is 0 Å². The van der Waals surface area contributed by atoms with E-state index in [1.54, 1.807) is 0 Å². The first-order chi connectivity index (χ1) is 9.02. The van der Waals surface area contributed by atoms with E-state index in [4.69, 9.17) is 10.5 Å². The van der Waals surface area contributed by atoms with Crippen molar-refractivity contribution in [2.75, 3.05) is 20.3 Å². The van der Waals surface area contributed by atoms with E-state index in [2.05, 4.69) is 30.7 Å². The smallest absolute Gasteiger partial charge is 0.331 e. The lowest BCUT2D eigenvalue weighted by Crippen LogP contribution is -2.20. The van der Waals surface area contributed by atoms with Crippen LogP contribution in [0.3, 0.4) is 0 Å². The molecular formula is C15H23NO3. The van der Waals surface area contributed by atoms with Crippen molar-refractivity contribution < 1.29 is 14.3 Å². The highest BCUT2D eigenvalue weighted by molar-refractivity contribution is 5.70. The van der Waals surface area contributed by atoms with Crippen LogP contribution in [0.4, 0.5) is 0 Å². The van der Waals surface area contributed by atoms with Gasteiger partial charge in [0.05, 0.1) is 19.8 Å². The Morgan fingerprint density at radius 2 is 1.89 bits per heavy atom. The first-order valence-electron chi connectivity index (χ1n) is 6.52. The van der Waals surface area contributed by atoms with Crippen LogP contribution in [0.25, 0.3) is 0 Å². The molecule has 4 nitrogen and oxygen atoms in total. The van der Waals surface area contributed by atoms with Crippen LogP contribution in [-0.4, -0.2) is 26.3 Å². The maximum Gasteiger partial charge on any atom is 0.331 e. The quantitative estimate of drug-likeness (QED) is 0.767. The van der Waals surface area contributed by atoms with Crippen LogP contribution in [-0.2, 0) is 20.7 Å². The highest BCUT2D eigenvalue weighted by atomic mass is 16.6. The lowest BCUT2D eigenvalue weighted by atomic mass is 10.00. The zero-order valence-corrected chi connectivity index (χ0v) is 11.9. The SMILES string of the molecule is COC(=O)COCC(N)c1ccc(CC(C)C)cc1. The van der Waals surface area contributed by atoms with E-state index in [1.807, 2.05) is 12.1 Å². The van der Waals surface area contributed by atoms with Crippen LogP contribution in [0, 0.1) is 5.92 Å². The van der Waals surface area contributed by atoms with Crippen molar-refractivity contribution in [1.82, 2.24) is 0 Å². The molecule has 0 saturated heterocycles. The molecule has 0 aliphatic carbocycles. The number of esters is 1. The molecular weight excluding hydrogens is 242 g/mol. The summed E-state index contributed by atoms with van der Waals surface area (Å²) in [5, 5.41) is 0. The van der Waals surface area contributed by atoms with Crippen LogP contribution >= 0.6 is 0 Å². The lowest BCUT2D eigenvalue weighted by Gasteiger charge is -2.13. The van der Waals surface area contributed by atoms with E-state index < -0.39 is 0 Å². The van der Waals surface area contributed by atoms with Gasteiger partial charge in [0.25, 0.3) is 0 Å².